The van der Waals surface area contributed by atoms with Gasteiger partial charge < -0.3 is 0 Å². The van der Waals surface area contributed by atoms with Gasteiger partial charge in [0.1, 0.15) is 5.45 Å². The fourth-order valence-corrected chi connectivity index (χ4v) is 0.946. The molecule has 44 valence electrons. The first kappa shape index (κ1) is 6.16. The SMILES string of the molecule is C=C[Si]c1ncccn1. The molecule has 0 amide bonds. The summed E-state index contributed by atoms with van der Waals surface area (Å²) in [5.74, 6) is 0. The van der Waals surface area contributed by atoms with Crippen LogP contribution in [0.1, 0.15) is 0 Å². The second-order valence-electron chi connectivity index (χ2n) is 1.42. The van der Waals surface area contributed by atoms with E-state index in [0.717, 1.165) is 5.45 Å². The third-order valence-electron chi connectivity index (χ3n) is 0.797. The standard InChI is InChI=1S/C6H6N2Si/c1-2-9-6-7-4-3-5-8-6/h2-5H,1H2. The average Bonchev–Trinajstić information content (AvgIpc) is 1.91. The van der Waals surface area contributed by atoms with E-state index >= 15 is 0 Å². The second-order valence-corrected chi connectivity index (χ2v) is 2.56. The molecule has 1 aromatic rings. The molecule has 0 bridgehead atoms. The van der Waals surface area contributed by atoms with Crippen molar-refractivity contribution in [3.05, 3.63) is 30.7 Å². The maximum atomic E-state index is 4.00. The van der Waals surface area contributed by atoms with Gasteiger partial charge in [-0.2, -0.15) is 0 Å². The summed E-state index contributed by atoms with van der Waals surface area (Å²) in [6, 6.07) is 1.80. The molecular weight excluding hydrogens is 128 g/mol. The molecule has 0 saturated heterocycles. The van der Waals surface area contributed by atoms with Gasteiger partial charge in [0, 0.05) is 12.4 Å². The van der Waals surface area contributed by atoms with Crippen LogP contribution in [-0.2, 0) is 0 Å². The van der Waals surface area contributed by atoms with Crippen molar-refractivity contribution in [3.8, 4) is 0 Å². The first-order valence-corrected chi connectivity index (χ1v) is 3.65. The number of aromatic nitrogens is 2. The van der Waals surface area contributed by atoms with Crippen molar-refractivity contribution >= 4 is 15.0 Å². The van der Waals surface area contributed by atoms with E-state index in [0.29, 0.717) is 9.52 Å². The summed E-state index contributed by atoms with van der Waals surface area (Å²) in [5.41, 5.74) is 2.67. The monoisotopic (exact) mass is 134 g/mol. The molecule has 0 spiro atoms. The summed E-state index contributed by atoms with van der Waals surface area (Å²) in [4.78, 5) is 8.00. The van der Waals surface area contributed by atoms with Crippen LogP contribution >= 0.6 is 0 Å². The summed E-state index contributed by atoms with van der Waals surface area (Å²) in [6.45, 7) is 3.59. The number of hydrogen-bond donors (Lipinski definition) is 0. The van der Waals surface area contributed by atoms with Crippen LogP contribution in [0.2, 0.25) is 0 Å². The van der Waals surface area contributed by atoms with Gasteiger partial charge in [0.25, 0.3) is 0 Å². The third-order valence-corrected chi connectivity index (χ3v) is 1.52. The molecule has 0 aromatic carbocycles. The summed E-state index contributed by atoms with van der Waals surface area (Å²) in [7, 11) is 0.529. The zero-order chi connectivity index (χ0) is 6.53. The summed E-state index contributed by atoms with van der Waals surface area (Å²) < 4.78 is 0. The second kappa shape index (κ2) is 3.14. The minimum Gasteiger partial charge on any atom is -0.247 e. The Hall–Kier alpha value is -0.963. The topological polar surface area (TPSA) is 25.8 Å². The van der Waals surface area contributed by atoms with Crippen LogP contribution in [0.5, 0.6) is 0 Å². The molecule has 0 unspecified atom stereocenters. The van der Waals surface area contributed by atoms with Gasteiger partial charge in [0.05, 0.1) is 0 Å². The Bertz CT molecular complexity index is 186. The molecule has 0 aliphatic rings. The Balaban J connectivity index is 2.72. The quantitative estimate of drug-likeness (QED) is 0.530. The fourth-order valence-electron chi connectivity index (χ4n) is 0.465. The minimum absolute atomic E-state index is 0.529. The van der Waals surface area contributed by atoms with Crippen LogP contribution in [0.15, 0.2) is 30.7 Å². The van der Waals surface area contributed by atoms with Crippen LogP contribution in [-0.4, -0.2) is 19.5 Å². The molecule has 0 atom stereocenters. The Labute approximate surface area is 56.5 Å². The van der Waals surface area contributed by atoms with Crippen LogP contribution in [0.25, 0.3) is 0 Å². The molecule has 1 heterocycles. The van der Waals surface area contributed by atoms with Crippen molar-refractivity contribution in [2.75, 3.05) is 0 Å². The number of hydrogen-bond acceptors (Lipinski definition) is 2. The lowest BCUT2D eigenvalue weighted by atomic mass is 10.7. The van der Waals surface area contributed by atoms with E-state index in [1.165, 1.54) is 0 Å². The van der Waals surface area contributed by atoms with E-state index in [-0.39, 0.29) is 0 Å². The van der Waals surface area contributed by atoms with Gasteiger partial charge in [0.2, 0.25) is 0 Å². The molecule has 2 radical (unpaired) electrons. The van der Waals surface area contributed by atoms with E-state index in [1.807, 2.05) is 5.70 Å². The van der Waals surface area contributed by atoms with Crippen molar-refractivity contribution < 1.29 is 0 Å². The lowest BCUT2D eigenvalue weighted by molar-refractivity contribution is 1.23. The van der Waals surface area contributed by atoms with Crippen molar-refractivity contribution in [1.82, 2.24) is 9.97 Å². The van der Waals surface area contributed by atoms with Crippen molar-refractivity contribution in [3.63, 3.8) is 0 Å². The highest BCUT2D eigenvalue weighted by molar-refractivity contribution is 6.56. The maximum Gasteiger partial charge on any atom is 0.165 e. The van der Waals surface area contributed by atoms with Gasteiger partial charge in [-0.15, -0.1) is 6.58 Å². The predicted molar refractivity (Wildman–Crippen MR) is 37.6 cm³/mol. The van der Waals surface area contributed by atoms with Gasteiger partial charge >= 0.3 is 0 Å². The van der Waals surface area contributed by atoms with Crippen LogP contribution in [0, 0.1) is 0 Å². The van der Waals surface area contributed by atoms with E-state index in [2.05, 4.69) is 16.5 Å². The molecule has 0 saturated carbocycles. The first-order valence-electron chi connectivity index (χ1n) is 2.58. The highest BCUT2D eigenvalue weighted by Gasteiger charge is 1.87. The van der Waals surface area contributed by atoms with E-state index < -0.39 is 0 Å². The summed E-state index contributed by atoms with van der Waals surface area (Å²) >= 11 is 0. The molecule has 2 nitrogen and oxygen atoms in total. The Morgan fingerprint density at radius 1 is 1.44 bits per heavy atom. The fraction of sp³-hybridized carbons (Fsp3) is 0. The number of nitrogens with zero attached hydrogens (tertiary/aromatic N) is 2. The molecule has 0 aliphatic heterocycles. The van der Waals surface area contributed by atoms with Crippen LogP contribution in [0.3, 0.4) is 0 Å². The smallest absolute Gasteiger partial charge is 0.165 e. The molecule has 0 fully saturated rings. The van der Waals surface area contributed by atoms with Gasteiger partial charge in [-0.25, -0.2) is 9.97 Å². The van der Waals surface area contributed by atoms with Gasteiger partial charge in [-0.3, -0.25) is 0 Å². The molecule has 9 heavy (non-hydrogen) atoms. The van der Waals surface area contributed by atoms with Gasteiger partial charge in [0.15, 0.2) is 9.52 Å². The molecule has 3 heteroatoms. The maximum absolute atomic E-state index is 4.00. The van der Waals surface area contributed by atoms with Crippen LogP contribution < -0.4 is 5.45 Å². The molecule has 0 N–H and O–H groups in total. The van der Waals surface area contributed by atoms with Crippen LogP contribution in [0.4, 0.5) is 0 Å². The molecule has 1 aromatic heterocycles. The zero-order valence-corrected chi connectivity index (χ0v) is 5.91. The van der Waals surface area contributed by atoms with Gasteiger partial charge in [-0.05, 0) is 6.07 Å². The first-order chi connectivity index (χ1) is 4.43. The van der Waals surface area contributed by atoms with E-state index in [4.69, 9.17) is 0 Å². The molecule has 1 rings (SSSR count). The van der Waals surface area contributed by atoms with E-state index in [1.54, 1.807) is 18.5 Å². The summed E-state index contributed by atoms with van der Waals surface area (Å²) in [5, 5.41) is 0. The predicted octanol–water partition coefficient (Wildman–Crippen LogP) is -0.0504. The minimum atomic E-state index is 0.529. The van der Waals surface area contributed by atoms with Crippen molar-refractivity contribution in [1.29, 1.82) is 0 Å². The molecular formula is C6H6N2Si. The lowest BCUT2D eigenvalue weighted by Crippen LogP contribution is -2.19. The normalized spacial score (nSPS) is 8.89. The Morgan fingerprint density at radius 2 is 2.11 bits per heavy atom. The van der Waals surface area contributed by atoms with Gasteiger partial charge in [-0.1, -0.05) is 5.70 Å². The van der Waals surface area contributed by atoms with E-state index in [9.17, 15) is 0 Å². The third kappa shape index (κ3) is 1.77. The summed E-state index contributed by atoms with van der Waals surface area (Å²) in [6.07, 6.45) is 3.47. The Kier molecular flexibility index (Phi) is 2.15. The zero-order valence-electron chi connectivity index (χ0n) is 4.91. The largest absolute Gasteiger partial charge is 0.247 e. The highest BCUT2D eigenvalue weighted by Crippen LogP contribution is 1.68. The van der Waals surface area contributed by atoms with Crippen molar-refractivity contribution in [2.45, 2.75) is 0 Å². The lowest BCUT2D eigenvalue weighted by Gasteiger charge is -1.87. The number of rotatable bonds is 2. The Morgan fingerprint density at radius 3 is 2.67 bits per heavy atom. The van der Waals surface area contributed by atoms with Crippen molar-refractivity contribution in [2.24, 2.45) is 0 Å². The average molecular weight is 134 g/mol. The highest BCUT2D eigenvalue weighted by atomic mass is 28.2. The molecule has 0 aliphatic carbocycles.